The molecule has 3 aromatic heterocycles. The summed E-state index contributed by atoms with van der Waals surface area (Å²) in [5.74, 6) is 0.619. The van der Waals surface area contributed by atoms with Crippen LogP contribution in [0, 0.1) is 5.92 Å². The van der Waals surface area contributed by atoms with Gasteiger partial charge >= 0.3 is 6.18 Å². The third-order valence-electron chi connectivity index (χ3n) is 6.14. The summed E-state index contributed by atoms with van der Waals surface area (Å²) in [7, 11) is 0. The van der Waals surface area contributed by atoms with Crippen molar-refractivity contribution in [2.24, 2.45) is 5.92 Å². The Morgan fingerprint density at radius 3 is 2.69 bits per heavy atom. The van der Waals surface area contributed by atoms with Crippen molar-refractivity contribution in [3.63, 3.8) is 0 Å². The molecule has 3 unspecified atom stereocenters. The minimum Gasteiger partial charge on any atom is -0.365 e. The molecule has 0 radical (unpaired) electrons. The normalized spacial score (nSPS) is 22.7. The van der Waals surface area contributed by atoms with Crippen LogP contribution in [0.4, 0.5) is 19.0 Å². The Bertz CT molecular complexity index is 1100. The van der Waals surface area contributed by atoms with Crippen LogP contribution in [0.2, 0.25) is 0 Å². The molecule has 6 nitrogen and oxygen atoms in total. The molecular formula is C22H20F3N5OS. The number of pyridine rings is 2. The van der Waals surface area contributed by atoms with E-state index >= 15 is 0 Å². The van der Waals surface area contributed by atoms with Gasteiger partial charge in [-0.15, -0.1) is 11.3 Å². The van der Waals surface area contributed by atoms with Crippen molar-refractivity contribution in [1.29, 1.82) is 0 Å². The van der Waals surface area contributed by atoms with Gasteiger partial charge in [-0.3, -0.25) is 9.78 Å². The van der Waals surface area contributed by atoms with Gasteiger partial charge in [0, 0.05) is 36.6 Å². The number of aromatic nitrogens is 3. The number of halogens is 3. The van der Waals surface area contributed by atoms with Gasteiger partial charge < -0.3 is 10.2 Å². The average molecular weight is 459 g/mol. The van der Waals surface area contributed by atoms with Crippen LogP contribution in [0.3, 0.4) is 0 Å². The molecule has 1 amide bonds. The van der Waals surface area contributed by atoms with Crippen LogP contribution in [-0.2, 0) is 6.18 Å². The molecule has 1 N–H and O–H groups in total. The van der Waals surface area contributed by atoms with E-state index in [0.717, 1.165) is 31.5 Å². The van der Waals surface area contributed by atoms with Crippen molar-refractivity contribution < 1.29 is 18.0 Å². The van der Waals surface area contributed by atoms with Crippen LogP contribution in [0.5, 0.6) is 0 Å². The second kappa shape index (κ2) is 8.16. The number of carbonyl (C=O) groups is 1. The molecule has 0 aromatic carbocycles. The van der Waals surface area contributed by atoms with E-state index < -0.39 is 11.7 Å². The standard InChI is InChI=1S/C22H20F3N5OS/c23-22(24,25)14-4-6-18(28-11-14)29-16-10-13-3-5-17(16)30(12-13)21(31)15-2-1-7-26-19(15)20-27-8-9-32-20/h1-2,4,6-9,11,13,16-17H,3,5,10,12H2,(H,28,29). The molecule has 32 heavy (non-hydrogen) atoms. The van der Waals surface area contributed by atoms with E-state index in [-0.39, 0.29) is 18.0 Å². The molecule has 6 rings (SSSR count). The van der Waals surface area contributed by atoms with Gasteiger partial charge in [0.15, 0.2) is 0 Å². The molecule has 10 heteroatoms. The van der Waals surface area contributed by atoms with Gasteiger partial charge in [0.25, 0.3) is 5.91 Å². The summed E-state index contributed by atoms with van der Waals surface area (Å²) in [6, 6.07) is 5.74. The molecule has 3 aromatic rings. The number of alkyl halides is 3. The van der Waals surface area contributed by atoms with E-state index in [1.807, 2.05) is 10.3 Å². The molecule has 1 aliphatic carbocycles. The second-order valence-corrected chi connectivity index (χ2v) is 9.02. The lowest BCUT2D eigenvalue weighted by atomic mass is 9.76. The minimum absolute atomic E-state index is 0.0686. The average Bonchev–Trinajstić information content (AvgIpc) is 3.33. The maximum Gasteiger partial charge on any atom is 0.417 e. The van der Waals surface area contributed by atoms with Gasteiger partial charge in [-0.2, -0.15) is 13.2 Å². The number of anilines is 1. The smallest absolute Gasteiger partial charge is 0.365 e. The lowest BCUT2D eigenvalue weighted by molar-refractivity contribution is -0.137. The summed E-state index contributed by atoms with van der Waals surface area (Å²) >= 11 is 1.43. The number of nitrogens with one attached hydrogen (secondary N) is 1. The van der Waals surface area contributed by atoms with Crippen LogP contribution in [0.25, 0.3) is 10.7 Å². The van der Waals surface area contributed by atoms with Crippen molar-refractivity contribution in [3.8, 4) is 10.7 Å². The summed E-state index contributed by atoms with van der Waals surface area (Å²) in [6.07, 6.45) is 2.46. The molecule has 3 atom stereocenters. The van der Waals surface area contributed by atoms with Crippen molar-refractivity contribution in [2.45, 2.75) is 37.5 Å². The SMILES string of the molecule is O=C(c1cccnc1-c1nccs1)N1CC2CCC1C(Nc1ccc(C(F)(F)F)cn1)C2. The van der Waals surface area contributed by atoms with Crippen LogP contribution < -0.4 is 5.32 Å². The summed E-state index contributed by atoms with van der Waals surface area (Å²) in [5, 5.41) is 5.81. The van der Waals surface area contributed by atoms with Gasteiger partial charge in [0.2, 0.25) is 0 Å². The molecule has 2 bridgehead atoms. The van der Waals surface area contributed by atoms with E-state index in [2.05, 4.69) is 20.3 Å². The van der Waals surface area contributed by atoms with Gasteiger partial charge in [0.05, 0.1) is 17.2 Å². The lowest BCUT2D eigenvalue weighted by Crippen LogP contribution is -2.59. The highest BCUT2D eigenvalue weighted by atomic mass is 32.1. The number of hydrogen-bond acceptors (Lipinski definition) is 6. The van der Waals surface area contributed by atoms with E-state index in [9.17, 15) is 18.0 Å². The van der Waals surface area contributed by atoms with Crippen LogP contribution in [0.15, 0.2) is 48.2 Å². The largest absolute Gasteiger partial charge is 0.417 e. The highest BCUT2D eigenvalue weighted by Gasteiger charge is 2.43. The Kier molecular flexibility index (Phi) is 5.32. The molecule has 0 spiro atoms. The summed E-state index contributed by atoms with van der Waals surface area (Å²) in [6.45, 7) is 0.661. The predicted molar refractivity (Wildman–Crippen MR) is 114 cm³/mol. The first-order chi connectivity index (χ1) is 15.4. The van der Waals surface area contributed by atoms with E-state index in [0.29, 0.717) is 34.5 Å². The maximum absolute atomic E-state index is 13.6. The molecule has 2 saturated heterocycles. The topological polar surface area (TPSA) is 71.0 Å². The highest BCUT2D eigenvalue weighted by molar-refractivity contribution is 7.13. The second-order valence-electron chi connectivity index (χ2n) is 8.12. The van der Waals surface area contributed by atoms with Gasteiger partial charge in [-0.1, -0.05) is 0 Å². The monoisotopic (exact) mass is 459 g/mol. The van der Waals surface area contributed by atoms with Gasteiger partial charge in [0.1, 0.15) is 16.5 Å². The first-order valence-electron chi connectivity index (χ1n) is 10.4. The summed E-state index contributed by atoms with van der Waals surface area (Å²) in [4.78, 5) is 28.1. The van der Waals surface area contributed by atoms with Crippen molar-refractivity contribution >= 4 is 23.1 Å². The van der Waals surface area contributed by atoms with E-state index in [4.69, 9.17) is 0 Å². The number of amides is 1. The molecule has 5 heterocycles. The first-order valence-corrected chi connectivity index (χ1v) is 11.2. The molecule has 3 aliphatic rings. The Balaban J connectivity index is 1.37. The fourth-order valence-electron chi connectivity index (χ4n) is 4.66. The fourth-order valence-corrected chi connectivity index (χ4v) is 5.31. The minimum atomic E-state index is -4.42. The summed E-state index contributed by atoms with van der Waals surface area (Å²) in [5.41, 5.74) is 0.306. The number of carbonyl (C=O) groups excluding carboxylic acids is 1. The Hall–Kier alpha value is -3.01. The zero-order chi connectivity index (χ0) is 22.3. The number of piperidine rings is 2. The number of hydrogen-bond donors (Lipinski definition) is 1. The third-order valence-corrected chi connectivity index (χ3v) is 6.92. The van der Waals surface area contributed by atoms with Crippen LogP contribution >= 0.6 is 11.3 Å². The Morgan fingerprint density at radius 2 is 2.00 bits per heavy atom. The van der Waals surface area contributed by atoms with E-state index in [1.165, 1.54) is 17.4 Å². The molecule has 3 fully saturated rings. The van der Waals surface area contributed by atoms with Crippen LogP contribution in [-0.4, -0.2) is 44.4 Å². The predicted octanol–water partition coefficient (Wildman–Crippen LogP) is 4.72. The van der Waals surface area contributed by atoms with Crippen molar-refractivity contribution in [1.82, 2.24) is 19.9 Å². The van der Waals surface area contributed by atoms with E-state index in [1.54, 1.807) is 24.5 Å². The fraction of sp³-hybridized carbons (Fsp3) is 0.364. The number of fused-ring (bicyclic) bond motifs is 3. The summed E-state index contributed by atoms with van der Waals surface area (Å²) < 4.78 is 38.5. The zero-order valence-electron chi connectivity index (χ0n) is 16.9. The molecule has 2 aliphatic heterocycles. The van der Waals surface area contributed by atoms with Crippen LogP contribution in [0.1, 0.15) is 35.2 Å². The maximum atomic E-state index is 13.6. The lowest BCUT2D eigenvalue weighted by Gasteiger charge is -2.50. The molecule has 1 saturated carbocycles. The molecular weight excluding hydrogens is 439 g/mol. The number of thiazole rings is 1. The highest BCUT2D eigenvalue weighted by Crippen LogP contribution is 2.38. The first kappa shape index (κ1) is 20.9. The number of rotatable bonds is 4. The Labute approximate surface area is 186 Å². The number of nitrogens with zero attached hydrogens (tertiary/aromatic N) is 4. The van der Waals surface area contributed by atoms with Crippen molar-refractivity contribution in [3.05, 3.63) is 59.4 Å². The third kappa shape index (κ3) is 3.94. The Morgan fingerprint density at radius 1 is 1.12 bits per heavy atom. The quantitative estimate of drug-likeness (QED) is 0.611. The van der Waals surface area contributed by atoms with Crippen molar-refractivity contribution in [2.75, 3.05) is 11.9 Å². The zero-order valence-corrected chi connectivity index (χ0v) is 17.7. The van der Waals surface area contributed by atoms with Gasteiger partial charge in [-0.25, -0.2) is 9.97 Å². The van der Waals surface area contributed by atoms with Gasteiger partial charge in [-0.05, 0) is 49.4 Å². The molecule has 166 valence electrons.